The van der Waals surface area contributed by atoms with Crippen LogP contribution in [0.25, 0.3) is 0 Å². The Morgan fingerprint density at radius 1 is 0.413 bits per heavy atom. The number of carbonyl (C=O) groups excluding carboxylic acids is 1. The third-order valence-electron chi connectivity index (χ3n) is 35.5. The van der Waals surface area contributed by atoms with Crippen LogP contribution in [0.3, 0.4) is 0 Å². The van der Waals surface area contributed by atoms with E-state index >= 15 is 0 Å². The number of piperidine rings is 4. The smallest absolute Gasteiger partial charge is 0.410 e. The first-order valence-corrected chi connectivity index (χ1v) is 52.4. The number of hydrogen-bond acceptors (Lipinski definition) is 23. The third-order valence-corrected chi connectivity index (χ3v) is 39.4. The van der Waals surface area contributed by atoms with Crippen LogP contribution in [0, 0.1) is 0 Å². The minimum atomic E-state index is -3.79. The number of amides is 1. The van der Waals surface area contributed by atoms with Crippen LogP contribution in [0.15, 0.2) is 210 Å². The van der Waals surface area contributed by atoms with Gasteiger partial charge in [-0.25, -0.2) is 21.6 Å². The summed E-state index contributed by atoms with van der Waals surface area (Å²) in [4.78, 5) is 22.8. The van der Waals surface area contributed by atoms with E-state index in [1.165, 1.54) is 27.8 Å². The Hall–Kier alpha value is -9.89. The molecule has 730 valence electrons. The van der Waals surface area contributed by atoms with E-state index in [4.69, 9.17) is 42.6 Å². The molecule has 28 heteroatoms. The molecule has 8 heterocycles. The number of aliphatic hydroxyl groups is 4. The molecule has 4 spiro atoms. The monoisotopic (exact) mass is 1910 g/mol. The third kappa shape index (κ3) is 13.5. The zero-order valence-electron chi connectivity index (χ0n) is 80.7. The van der Waals surface area contributed by atoms with Crippen molar-refractivity contribution < 1.29 is 84.7 Å². The number of nitrogens with one attached hydrogen (secondary N) is 2. The van der Waals surface area contributed by atoms with Crippen LogP contribution < -0.4 is 48.5 Å². The first-order valence-electron chi connectivity index (χ1n) is 49.5. The Morgan fingerprint density at radius 3 is 1.10 bits per heavy atom. The molecule has 20 atom stereocenters. The molecule has 26 nitrogen and oxygen atoms in total. The van der Waals surface area contributed by atoms with Gasteiger partial charge in [-0.2, -0.15) is 8.61 Å². The fourth-order valence-electron chi connectivity index (χ4n) is 29.7. The summed E-state index contributed by atoms with van der Waals surface area (Å²) in [5.74, 6) is 5.92. The topological polar surface area (TPSA) is 293 Å². The summed E-state index contributed by atoms with van der Waals surface area (Å²) in [6.45, 7) is 10.2. The van der Waals surface area contributed by atoms with Gasteiger partial charge in [0.25, 0.3) is 0 Å². The summed E-state index contributed by atoms with van der Waals surface area (Å²) in [7, 11) is 7.51. The maximum atomic E-state index is 13.9. The zero-order chi connectivity index (χ0) is 96.0. The highest BCUT2D eigenvalue weighted by Gasteiger charge is 2.79. The van der Waals surface area contributed by atoms with E-state index in [0.29, 0.717) is 113 Å². The van der Waals surface area contributed by atoms with Gasteiger partial charge >= 0.3 is 6.09 Å². The quantitative estimate of drug-likeness (QED) is 0.0465. The molecule has 4 saturated heterocycles. The second-order valence-electron chi connectivity index (χ2n) is 42.6. The zero-order valence-corrected chi connectivity index (χ0v) is 82.4. The van der Waals surface area contributed by atoms with Crippen molar-refractivity contribution in [1.29, 1.82) is 0 Å². The molecule has 0 radical (unpaired) electrons. The molecule has 25 rings (SSSR count). The highest BCUT2D eigenvalue weighted by atomic mass is 32.2. The molecule has 0 aromatic heterocycles. The molecule has 138 heavy (non-hydrogen) atoms. The van der Waals surface area contributed by atoms with E-state index in [1.54, 1.807) is 90.5 Å². The van der Waals surface area contributed by atoms with Gasteiger partial charge in [0, 0.05) is 91.7 Å². The lowest BCUT2D eigenvalue weighted by Crippen LogP contribution is -2.78. The van der Waals surface area contributed by atoms with Crippen LogP contribution >= 0.6 is 0 Å². The largest absolute Gasteiger partial charge is 0.493 e. The summed E-state index contributed by atoms with van der Waals surface area (Å²) in [5, 5.41) is 57.1. The van der Waals surface area contributed by atoms with Gasteiger partial charge < -0.3 is 78.6 Å². The Bertz CT molecular complexity index is 6420. The fraction of sp³-hybridized carbons (Fsp3) is 0.500. The van der Waals surface area contributed by atoms with Gasteiger partial charge in [-0.15, -0.1) is 0 Å². The number of sulfonamides is 2. The average Bonchev–Trinajstić information content (AvgIpc) is 1.47. The number of likely N-dealkylation sites (tertiary alicyclic amines) is 1. The van der Waals surface area contributed by atoms with Crippen LogP contribution in [0.4, 0.5) is 4.79 Å². The van der Waals surface area contributed by atoms with Crippen molar-refractivity contribution in [3.8, 4) is 46.0 Å². The number of benzene rings is 9. The van der Waals surface area contributed by atoms with Crippen molar-refractivity contribution in [2.24, 2.45) is 0 Å². The van der Waals surface area contributed by atoms with Crippen LogP contribution in [0.5, 0.6) is 46.0 Å². The van der Waals surface area contributed by atoms with Crippen molar-refractivity contribution in [3.05, 3.63) is 261 Å². The Balaban J connectivity index is 0.000000107. The van der Waals surface area contributed by atoms with Crippen LogP contribution in [-0.4, -0.2) is 255 Å². The molecule has 4 saturated carbocycles. The van der Waals surface area contributed by atoms with Gasteiger partial charge in [0.15, 0.2) is 46.0 Å². The summed E-state index contributed by atoms with van der Waals surface area (Å²) in [6, 6.07) is 63.8. The molecule has 6 N–H and O–H groups in total. The average molecular weight is 1920 g/mol. The number of likely N-dealkylation sites (N-methyl/N-ethyl adjacent to an activating group) is 4. The number of carbonyl (C=O) groups is 1. The predicted octanol–water partition coefficient (Wildman–Crippen LogP) is 12.5. The predicted molar refractivity (Wildman–Crippen MR) is 521 cm³/mol. The minimum absolute atomic E-state index is 0.0477. The molecule has 8 aliphatic heterocycles. The van der Waals surface area contributed by atoms with Gasteiger partial charge in [0.05, 0.1) is 100 Å². The molecule has 0 unspecified atom stereocenters. The van der Waals surface area contributed by atoms with Crippen molar-refractivity contribution in [2.75, 3.05) is 82.8 Å². The lowest BCUT2D eigenvalue weighted by atomic mass is 9.48. The van der Waals surface area contributed by atoms with Crippen LogP contribution in [-0.2, 0) is 91.8 Å². The summed E-state index contributed by atoms with van der Waals surface area (Å²) in [6.07, 6.45) is 9.08. The SMILES string of the molecule is CN[C@@H]1CC[C@@]2(O)[C@H]3Cc4ccc(OC)c5c4[C@@]2(CCN3S(=O)(=O)c2ccccc2)[C@H]1O5.COc1ccc2c3c1O[C@H]1[C@H](N(C)Cc4ccccc4)CC[C@@]4(O)[C@@H](C2)N(C(=O)OC(C)(C)C)CC[C@]314.COc1ccc2c3c1O[C@H]1[C@H](N(C)Cc4ccccc4)CC[C@@]4(O)[C@@H](C2)N(S(=O)(=O)c2ccccc2)CC[C@]314.COc1ccc2c3c1O[C@H]1[C@H](N(C)Cc4ccccc4)CC[C@@]4(O)[C@@H](C2)NCC[C@]314. The Morgan fingerprint density at radius 2 is 0.732 bits per heavy atom. The van der Waals surface area contributed by atoms with E-state index in [-0.39, 0.29) is 82.0 Å². The van der Waals surface area contributed by atoms with Crippen LogP contribution in [0.1, 0.15) is 159 Å². The van der Waals surface area contributed by atoms with E-state index in [2.05, 4.69) is 137 Å². The molecule has 8 aliphatic carbocycles. The molecule has 8 fully saturated rings. The minimum Gasteiger partial charge on any atom is -0.493 e. The van der Waals surface area contributed by atoms with Gasteiger partial charge in [-0.1, -0.05) is 152 Å². The second-order valence-corrected chi connectivity index (χ2v) is 46.4. The lowest BCUT2D eigenvalue weighted by Gasteiger charge is -2.64. The number of ether oxygens (including phenoxy) is 9. The van der Waals surface area contributed by atoms with E-state index in [9.17, 15) is 42.1 Å². The fourth-order valence-corrected chi connectivity index (χ4v) is 33.1. The van der Waals surface area contributed by atoms with E-state index in [0.717, 1.165) is 115 Å². The van der Waals surface area contributed by atoms with Gasteiger partial charge in [0.1, 0.15) is 30.0 Å². The summed E-state index contributed by atoms with van der Waals surface area (Å²) < 4.78 is 114. The van der Waals surface area contributed by atoms with Crippen LogP contribution in [0.2, 0.25) is 0 Å². The highest BCUT2D eigenvalue weighted by molar-refractivity contribution is 7.89. The number of methoxy groups -OCH3 is 4. The van der Waals surface area contributed by atoms with Gasteiger partial charge in [0.2, 0.25) is 20.0 Å². The molecular formula is C110H130N8O18S2. The molecule has 16 aliphatic rings. The van der Waals surface area contributed by atoms with Crippen molar-refractivity contribution in [3.63, 3.8) is 0 Å². The van der Waals surface area contributed by atoms with E-state index in [1.807, 2.05) is 88.5 Å². The first kappa shape index (κ1) is 93.1. The number of hydrogen-bond donors (Lipinski definition) is 6. The second kappa shape index (κ2) is 34.2. The molecule has 8 bridgehead atoms. The number of nitrogens with zero attached hydrogens (tertiary/aromatic N) is 6. The highest BCUT2D eigenvalue weighted by Crippen LogP contribution is 2.72. The lowest BCUT2D eigenvalue weighted by molar-refractivity contribution is -0.195. The van der Waals surface area contributed by atoms with Crippen molar-refractivity contribution >= 4 is 26.1 Å². The molecule has 9 aromatic rings. The Labute approximate surface area is 810 Å². The van der Waals surface area contributed by atoms with Crippen molar-refractivity contribution in [1.82, 2.24) is 38.8 Å². The van der Waals surface area contributed by atoms with Crippen molar-refractivity contribution in [2.45, 2.75) is 275 Å². The van der Waals surface area contributed by atoms with Gasteiger partial charge in [-0.05, 0) is 246 Å². The normalized spacial score (nSPS) is 33.1. The maximum Gasteiger partial charge on any atom is 0.410 e. The molecule has 9 aromatic carbocycles. The first-order chi connectivity index (χ1) is 66.4. The summed E-state index contributed by atoms with van der Waals surface area (Å²) in [5.41, 5.74) is 5.37. The standard InChI is InChI=1S/C31H34N2O5S.C30H38N2O5.C25H30N2O3.C24H28N2O5S/c1-32(20-21-9-5-3-6-10-21)24-15-16-31(34)26-19-22-13-14-25(37-2)28-27(22)30(31,29(24)38-28)17-18-33(26)39(35,36)23-11-7-4-8-12-23;1-28(2,3)37-27(33)32-16-15-29-24-20-11-12-22(35-5)25(24)36-26(29)21(13-14-30(29,34)23(32)17-20)31(4)18-19-9-7-6-8-10-19;1-27(15-16-6-4-3-5-7-16)18-10-11-25(28)20-14-17-8-9-19(29-2)22-21(17)24(25,12-13-26-20)23(18)30-22;1-25-17-10-11-24(27)19-14-15-8-9-18(30-2)21-20(15)23(24,22(17)31-21)12-13-26(19)32(28,29)16-6-4-3-5-7-16/h3-14,24,26,29,34H,15-20H2,1-2H3;6-12,21,23,26,34H,13-18H2,1-5H3;3-9,18,20,23,26,28H,10-15H2,1-2H3;3-9,17,19,22,25,27H,10-14H2,1-2H3/t24-,26-,29+,30+,31-;21-,23-,26+,29+,30-;18-,20-,23+,24+,25-;17-,19-,22+,23+,24-/m1111/s1. The Kier molecular flexibility index (Phi) is 23.1. The summed E-state index contributed by atoms with van der Waals surface area (Å²) >= 11 is 0. The molecular weight excluding hydrogens is 1790 g/mol. The molecule has 1 amide bonds. The number of rotatable bonds is 18. The van der Waals surface area contributed by atoms with Gasteiger partial charge in [-0.3, -0.25) is 14.7 Å². The van der Waals surface area contributed by atoms with E-state index < -0.39 is 76.4 Å². The maximum absolute atomic E-state index is 13.9.